The van der Waals surface area contributed by atoms with Crippen molar-refractivity contribution in [3.8, 4) is 5.75 Å². The number of hydrogen-bond acceptors (Lipinski definition) is 4. The molecule has 0 spiro atoms. The zero-order chi connectivity index (χ0) is 18.3. The average molecular weight is 369 g/mol. The van der Waals surface area contributed by atoms with E-state index in [0.29, 0.717) is 23.9 Å². The summed E-state index contributed by atoms with van der Waals surface area (Å²) in [5.74, 6) is 1.40. The molecule has 2 amide bonds. The maximum atomic E-state index is 13.1. The largest absolute Gasteiger partial charge is 0.497 e. The molecule has 4 rings (SSSR count). The summed E-state index contributed by atoms with van der Waals surface area (Å²) < 4.78 is 5.20. The van der Waals surface area contributed by atoms with E-state index in [0.717, 1.165) is 27.9 Å². The number of carbonyl (C=O) groups is 1. The van der Waals surface area contributed by atoms with Crippen molar-refractivity contribution in [2.75, 3.05) is 23.5 Å². The average Bonchev–Trinajstić information content (AvgIpc) is 2.65. The molecule has 26 heavy (non-hydrogen) atoms. The van der Waals surface area contributed by atoms with Crippen molar-refractivity contribution in [3.05, 3.63) is 53.3 Å². The van der Waals surface area contributed by atoms with Crippen molar-refractivity contribution < 1.29 is 9.53 Å². The molecule has 2 aromatic carbocycles. The Morgan fingerprint density at radius 1 is 1.12 bits per heavy atom. The quantitative estimate of drug-likeness (QED) is 0.690. The maximum Gasteiger partial charge on any atom is 0.330 e. The predicted octanol–water partition coefficient (Wildman–Crippen LogP) is 4.26. The Hall–Kier alpha value is -2.86. The molecule has 0 unspecified atom stereocenters. The second-order valence-electron chi connectivity index (χ2n) is 5.98. The topological polar surface area (TPSA) is 58.6 Å². The number of rotatable bonds is 4. The molecule has 7 heteroatoms. The third-order valence-corrected chi connectivity index (χ3v) is 4.70. The Balaban J connectivity index is 1.85. The maximum absolute atomic E-state index is 13.1. The molecule has 1 aliphatic heterocycles. The van der Waals surface area contributed by atoms with Gasteiger partial charge in [0.05, 0.1) is 30.2 Å². The fourth-order valence-electron chi connectivity index (χ4n) is 3.23. The molecular weight excluding hydrogens is 352 g/mol. The lowest BCUT2D eigenvalue weighted by molar-refractivity contribution is 0.251. The highest BCUT2D eigenvalue weighted by molar-refractivity contribution is 6.32. The van der Waals surface area contributed by atoms with E-state index < -0.39 is 0 Å². The molecule has 0 saturated carbocycles. The zero-order valence-electron chi connectivity index (χ0n) is 14.4. The first-order chi connectivity index (χ1) is 12.6. The van der Waals surface area contributed by atoms with Crippen molar-refractivity contribution in [3.63, 3.8) is 0 Å². The van der Waals surface area contributed by atoms with E-state index in [1.165, 1.54) is 6.33 Å². The van der Waals surface area contributed by atoms with Crippen LogP contribution in [-0.2, 0) is 6.54 Å². The van der Waals surface area contributed by atoms with Crippen molar-refractivity contribution >= 4 is 40.0 Å². The number of halogens is 1. The van der Waals surface area contributed by atoms with Crippen LogP contribution in [-0.4, -0.2) is 29.7 Å². The van der Waals surface area contributed by atoms with Gasteiger partial charge in [-0.2, -0.15) is 0 Å². The summed E-state index contributed by atoms with van der Waals surface area (Å²) >= 11 is 6.28. The highest BCUT2D eigenvalue weighted by Gasteiger charge is 2.33. The minimum Gasteiger partial charge on any atom is -0.497 e. The molecule has 0 bridgehead atoms. The Labute approximate surface area is 156 Å². The number of aromatic nitrogens is 2. The summed E-state index contributed by atoms with van der Waals surface area (Å²) in [6.45, 7) is 2.87. The van der Waals surface area contributed by atoms with Crippen LogP contribution in [0.1, 0.15) is 12.5 Å². The van der Waals surface area contributed by atoms with Gasteiger partial charge in [0.15, 0.2) is 0 Å². The highest BCUT2D eigenvalue weighted by Crippen LogP contribution is 2.40. The smallest absolute Gasteiger partial charge is 0.330 e. The van der Waals surface area contributed by atoms with Gasteiger partial charge in [-0.3, -0.25) is 9.80 Å². The van der Waals surface area contributed by atoms with Crippen LogP contribution in [0, 0.1) is 0 Å². The van der Waals surface area contributed by atoms with Crippen LogP contribution >= 0.6 is 11.6 Å². The van der Waals surface area contributed by atoms with Gasteiger partial charge in [0.2, 0.25) is 0 Å². The number of ether oxygens (including phenoxy) is 1. The Morgan fingerprint density at radius 2 is 1.88 bits per heavy atom. The SMILES string of the molecule is CCN1C(=O)N(Cc2ccc(OC)cc2)c2cc(Cl)cc3ncnc1c23. The Morgan fingerprint density at radius 3 is 2.58 bits per heavy atom. The van der Waals surface area contributed by atoms with Gasteiger partial charge >= 0.3 is 6.03 Å². The summed E-state index contributed by atoms with van der Waals surface area (Å²) in [4.78, 5) is 25.2. The fraction of sp³-hybridized carbons (Fsp3) is 0.211. The Bertz CT molecular complexity index is 991. The highest BCUT2D eigenvalue weighted by atomic mass is 35.5. The monoisotopic (exact) mass is 368 g/mol. The molecule has 3 aromatic rings. The third kappa shape index (κ3) is 2.63. The molecule has 132 valence electrons. The van der Waals surface area contributed by atoms with Gasteiger partial charge in [-0.05, 0) is 36.8 Å². The zero-order valence-corrected chi connectivity index (χ0v) is 15.2. The van der Waals surface area contributed by atoms with E-state index in [2.05, 4.69) is 9.97 Å². The fourth-order valence-corrected chi connectivity index (χ4v) is 3.43. The van der Waals surface area contributed by atoms with Crippen LogP contribution in [0.15, 0.2) is 42.7 Å². The number of nitrogens with zero attached hydrogens (tertiary/aromatic N) is 4. The van der Waals surface area contributed by atoms with E-state index in [9.17, 15) is 4.79 Å². The molecule has 0 saturated heterocycles. The van der Waals surface area contributed by atoms with Crippen molar-refractivity contribution in [1.29, 1.82) is 0 Å². The van der Waals surface area contributed by atoms with Crippen molar-refractivity contribution in [2.45, 2.75) is 13.5 Å². The summed E-state index contributed by atoms with van der Waals surface area (Å²) in [6, 6.07) is 11.1. The van der Waals surface area contributed by atoms with Gasteiger partial charge in [0.1, 0.15) is 17.9 Å². The first kappa shape index (κ1) is 16.6. The molecule has 1 aliphatic rings. The number of anilines is 2. The minimum atomic E-state index is -0.127. The molecule has 0 atom stereocenters. The molecule has 0 aliphatic carbocycles. The molecule has 1 aromatic heterocycles. The predicted molar refractivity (Wildman–Crippen MR) is 102 cm³/mol. The van der Waals surface area contributed by atoms with E-state index in [-0.39, 0.29) is 6.03 Å². The lowest BCUT2D eigenvalue weighted by Gasteiger charge is -2.35. The number of carbonyl (C=O) groups excluding carboxylic acids is 1. The number of amides is 2. The second-order valence-corrected chi connectivity index (χ2v) is 6.41. The normalized spacial score (nSPS) is 13.4. The molecular formula is C19H17ClN4O2. The number of urea groups is 1. The molecule has 2 heterocycles. The van der Waals surface area contributed by atoms with E-state index in [1.807, 2.05) is 31.2 Å². The van der Waals surface area contributed by atoms with Crippen LogP contribution in [0.3, 0.4) is 0 Å². The van der Waals surface area contributed by atoms with Gasteiger partial charge < -0.3 is 4.74 Å². The van der Waals surface area contributed by atoms with Crippen LogP contribution in [0.4, 0.5) is 16.3 Å². The first-order valence-electron chi connectivity index (χ1n) is 8.28. The molecule has 0 fully saturated rings. The third-order valence-electron chi connectivity index (χ3n) is 4.49. The van der Waals surface area contributed by atoms with E-state index in [4.69, 9.17) is 16.3 Å². The summed E-state index contributed by atoms with van der Waals surface area (Å²) in [7, 11) is 1.63. The Kier molecular flexibility index (Phi) is 4.12. The van der Waals surface area contributed by atoms with E-state index >= 15 is 0 Å². The summed E-state index contributed by atoms with van der Waals surface area (Å²) in [5.41, 5.74) is 2.44. The van der Waals surface area contributed by atoms with Gasteiger partial charge in [0.25, 0.3) is 0 Å². The van der Waals surface area contributed by atoms with Crippen LogP contribution in [0.5, 0.6) is 5.75 Å². The summed E-state index contributed by atoms with van der Waals surface area (Å²) in [6.07, 6.45) is 1.47. The van der Waals surface area contributed by atoms with E-state index in [1.54, 1.807) is 29.0 Å². The standard InChI is InChI=1S/C19H17ClN4O2/c1-3-23-18-17-15(21-11-22-18)8-13(20)9-16(17)24(19(23)25)10-12-4-6-14(26-2)7-5-12/h4-9,11H,3,10H2,1-2H3. The number of hydrogen-bond donors (Lipinski definition) is 0. The van der Waals surface area contributed by atoms with Crippen LogP contribution < -0.4 is 14.5 Å². The summed E-state index contributed by atoms with van der Waals surface area (Å²) in [5, 5.41) is 1.38. The van der Waals surface area contributed by atoms with Crippen LogP contribution in [0.2, 0.25) is 5.02 Å². The minimum absolute atomic E-state index is 0.127. The van der Waals surface area contributed by atoms with Gasteiger partial charge in [-0.1, -0.05) is 23.7 Å². The molecule has 0 N–H and O–H groups in total. The van der Waals surface area contributed by atoms with Gasteiger partial charge in [-0.15, -0.1) is 0 Å². The van der Waals surface area contributed by atoms with Crippen molar-refractivity contribution in [2.24, 2.45) is 0 Å². The van der Waals surface area contributed by atoms with Crippen LogP contribution in [0.25, 0.3) is 10.9 Å². The van der Waals surface area contributed by atoms with Gasteiger partial charge in [0, 0.05) is 11.6 Å². The molecule has 6 nitrogen and oxygen atoms in total. The first-order valence-corrected chi connectivity index (χ1v) is 8.66. The number of methoxy groups -OCH3 is 1. The molecule has 0 radical (unpaired) electrons. The van der Waals surface area contributed by atoms with Gasteiger partial charge in [-0.25, -0.2) is 14.8 Å². The second kappa shape index (κ2) is 6.46. The number of benzene rings is 2. The van der Waals surface area contributed by atoms with Crippen molar-refractivity contribution in [1.82, 2.24) is 9.97 Å². The lowest BCUT2D eigenvalue weighted by atomic mass is 10.1. The lowest BCUT2D eigenvalue weighted by Crippen LogP contribution is -2.46.